The zero-order valence-electron chi connectivity index (χ0n) is 18.1. The van der Waals surface area contributed by atoms with Gasteiger partial charge in [0.1, 0.15) is 6.10 Å². The van der Waals surface area contributed by atoms with Gasteiger partial charge in [0.2, 0.25) is 0 Å². The van der Waals surface area contributed by atoms with Crippen molar-refractivity contribution < 1.29 is 9.53 Å². The Kier molecular flexibility index (Phi) is 6.92. The molecule has 0 radical (unpaired) electrons. The second kappa shape index (κ2) is 9.61. The van der Waals surface area contributed by atoms with E-state index in [-0.39, 0.29) is 12.1 Å². The highest BCUT2D eigenvalue weighted by molar-refractivity contribution is 5.83. The Balaban J connectivity index is 1.49. The minimum atomic E-state index is -0.425. The SMILES string of the molecule is CNCCCCc1cccc(C2(C(=O)OC3CN4CCC3CC4)CCCCC2)c1. The predicted molar refractivity (Wildman–Crippen MR) is 117 cm³/mol. The Bertz CT molecular complexity index is 675. The highest BCUT2D eigenvalue weighted by atomic mass is 16.5. The first-order valence-corrected chi connectivity index (χ1v) is 11.9. The van der Waals surface area contributed by atoms with E-state index in [0.29, 0.717) is 5.92 Å². The van der Waals surface area contributed by atoms with Gasteiger partial charge < -0.3 is 10.1 Å². The minimum Gasteiger partial charge on any atom is -0.460 e. The molecule has 1 N–H and O–H groups in total. The number of benzene rings is 1. The van der Waals surface area contributed by atoms with E-state index in [4.69, 9.17) is 4.74 Å². The van der Waals surface area contributed by atoms with Crippen LogP contribution in [-0.4, -0.2) is 50.2 Å². The van der Waals surface area contributed by atoms with Crippen LogP contribution in [0.15, 0.2) is 24.3 Å². The van der Waals surface area contributed by atoms with Crippen LogP contribution in [0.4, 0.5) is 0 Å². The number of carbonyl (C=O) groups excluding carboxylic acids is 1. The van der Waals surface area contributed by atoms with Gasteiger partial charge in [-0.3, -0.25) is 9.69 Å². The molecule has 4 heteroatoms. The second-order valence-corrected chi connectivity index (χ2v) is 9.49. The van der Waals surface area contributed by atoms with Gasteiger partial charge in [-0.15, -0.1) is 0 Å². The minimum absolute atomic E-state index is 0.0586. The van der Waals surface area contributed by atoms with Crippen molar-refractivity contribution in [3.8, 4) is 0 Å². The first-order valence-electron chi connectivity index (χ1n) is 11.9. The Morgan fingerprint density at radius 3 is 2.66 bits per heavy atom. The van der Waals surface area contributed by atoms with Crippen LogP contribution >= 0.6 is 0 Å². The number of unbranched alkanes of at least 4 members (excludes halogenated alkanes) is 1. The van der Waals surface area contributed by atoms with Crippen LogP contribution in [0.3, 0.4) is 0 Å². The van der Waals surface area contributed by atoms with Crippen molar-refractivity contribution in [2.75, 3.05) is 33.2 Å². The van der Waals surface area contributed by atoms with E-state index in [1.165, 1.54) is 56.3 Å². The maximum Gasteiger partial charge on any atom is 0.316 e. The highest BCUT2D eigenvalue weighted by Gasteiger charge is 2.45. The predicted octanol–water partition coefficient (Wildman–Crippen LogP) is 4.07. The van der Waals surface area contributed by atoms with Gasteiger partial charge >= 0.3 is 5.97 Å². The average molecular weight is 399 g/mol. The fraction of sp³-hybridized carbons (Fsp3) is 0.720. The molecule has 1 saturated carbocycles. The molecule has 0 spiro atoms. The number of hydrogen-bond acceptors (Lipinski definition) is 4. The lowest BCUT2D eigenvalue weighted by atomic mass is 9.69. The van der Waals surface area contributed by atoms with Gasteiger partial charge in [-0.05, 0) is 88.7 Å². The molecule has 1 unspecified atom stereocenters. The molecule has 5 rings (SSSR count). The second-order valence-electron chi connectivity index (χ2n) is 9.49. The van der Waals surface area contributed by atoms with Gasteiger partial charge in [-0.2, -0.15) is 0 Å². The zero-order valence-corrected chi connectivity index (χ0v) is 18.1. The van der Waals surface area contributed by atoms with Crippen molar-refractivity contribution in [2.45, 2.75) is 75.7 Å². The average Bonchev–Trinajstić information content (AvgIpc) is 2.78. The third-order valence-corrected chi connectivity index (χ3v) is 7.57. The van der Waals surface area contributed by atoms with Crippen LogP contribution in [0.1, 0.15) is 68.9 Å². The maximum atomic E-state index is 13.6. The number of ether oxygens (including phenoxy) is 1. The fourth-order valence-electron chi connectivity index (χ4n) is 5.72. The third-order valence-electron chi connectivity index (χ3n) is 7.57. The number of rotatable bonds is 8. The molecule has 1 aromatic rings. The molecule has 1 atom stereocenters. The molecule has 160 valence electrons. The van der Waals surface area contributed by atoms with Gasteiger partial charge in [-0.1, -0.05) is 43.5 Å². The van der Waals surface area contributed by atoms with E-state index >= 15 is 0 Å². The molecule has 3 heterocycles. The van der Waals surface area contributed by atoms with Gasteiger partial charge in [0.25, 0.3) is 0 Å². The third kappa shape index (κ3) is 4.69. The number of carbonyl (C=O) groups is 1. The van der Waals surface area contributed by atoms with Crippen LogP contribution < -0.4 is 5.32 Å². The molecule has 3 saturated heterocycles. The van der Waals surface area contributed by atoms with E-state index in [1.807, 2.05) is 7.05 Å². The number of aryl methyl sites for hydroxylation is 1. The summed E-state index contributed by atoms with van der Waals surface area (Å²) in [6.07, 6.45) is 11.3. The topological polar surface area (TPSA) is 41.6 Å². The monoisotopic (exact) mass is 398 g/mol. The summed E-state index contributed by atoms with van der Waals surface area (Å²) < 4.78 is 6.29. The van der Waals surface area contributed by atoms with Crippen LogP contribution in [-0.2, 0) is 21.4 Å². The Hall–Kier alpha value is -1.39. The largest absolute Gasteiger partial charge is 0.460 e. The molecular weight excluding hydrogens is 360 g/mol. The standard InChI is InChI=1S/C25H38N2O2/c1-26-15-6-3-8-20-9-7-10-22(18-20)25(13-4-2-5-14-25)24(28)29-23-19-27-16-11-21(23)12-17-27/h7,9-10,18,21,23,26H,2-6,8,11-17,19H2,1H3. The smallest absolute Gasteiger partial charge is 0.316 e. The van der Waals surface area contributed by atoms with Crippen LogP contribution in [0, 0.1) is 5.92 Å². The summed E-state index contributed by atoms with van der Waals surface area (Å²) in [6, 6.07) is 8.86. The number of piperidine rings is 3. The van der Waals surface area contributed by atoms with Crippen molar-refractivity contribution in [3.05, 3.63) is 35.4 Å². The summed E-state index contributed by atoms with van der Waals surface area (Å²) in [5.41, 5.74) is 2.14. The number of hydrogen-bond donors (Lipinski definition) is 1. The number of fused-ring (bicyclic) bond motifs is 3. The Morgan fingerprint density at radius 2 is 1.97 bits per heavy atom. The van der Waals surface area contributed by atoms with Gasteiger partial charge in [0.05, 0.1) is 5.41 Å². The van der Waals surface area contributed by atoms with Crippen molar-refractivity contribution in [1.82, 2.24) is 10.2 Å². The van der Waals surface area contributed by atoms with Crippen molar-refractivity contribution in [1.29, 1.82) is 0 Å². The van der Waals surface area contributed by atoms with Gasteiger partial charge in [0.15, 0.2) is 0 Å². The molecule has 0 aromatic heterocycles. The van der Waals surface area contributed by atoms with E-state index in [9.17, 15) is 4.79 Å². The van der Waals surface area contributed by atoms with Gasteiger partial charge in [0, 0.05) is 6.54 Å². The lowest BCUT2D eigenvalue weighted by Gasteiger charge is -2.45. The highest BCUT2D eigenvalue weighted by Crippen LogP contribution is 2.42. The van der Waals surface area contributed by atoms with E-state index in [0.717, 1.165) is 45.2 Å². The summed E-state index contributed by atoms with van der Waals surface area (Å²) in [4.78, 5) is 16.1. The van der Waals surface area contributed by atoms with E-state index in [1.54, 1.807) is 0 Å². The molecule has 1 aliphatic carbocycles. The number of nitrogens with one attached hydrogen (secondary N) is 1. The van der Waals surface area contributed by atoms with Gasteiger partial charge in [-0.25, -0.2) is 0 Å². The molecule has 2 bridgehead atoms. The lowest BCUT2D eigenvalue weighted by Crippen LogP contribution is -2.53. The molecule has 4 nitrogen and oxygen atoms in total. The number of esters is 1. The molecule has 3 aliphatic heterocycles. The summed E-state index contributed by atoms with van der Waals surface area (Å²) >= 11 is 0. The summed E-state index contributed by atoms with van der Waals surface area (Å²) in [6.45, 7) is 4.37. The fourth-order valence-corrected chi connectivity index (χ4v) is 5.72. The molecule has 0 amide bonds. The van der Waals surface area contributed by atoms with Crippen LogP contribution in [0.2, 0.25) is 0 Å². The quantitative estimate of drug-likeness (QED) is 0.529. The Morgan fingerprint density at radius 1 is 1.17 bits per heavy atom. The van der Waals surface area contributed by atoms with Crippen molar-refractivity contribution in [2.24, 2.45) is 5.92 Å². The normalized spacial score (nSPS) is 28.2. The van der Waals surface area contributed by atoms with Crippen molar-refractivity contribution >= 4 is 5.97 Å². The van der Waals surface area contributed by atoms with E-state index < -0.39 is 5.41 Å². The molecule has 29 heavy (non-hydrogen) atoms. The van der Waals surface area contributed by atoms with Crippen LogP contribution in [0.5, 0.6) is 0 Å². The number of nitrogens with zero attached hydrogens (tertiary/aromatic N) is 1. The van der Waals surface area contributed by atoms with E-state index in [2.05, 4.69) is 34.5 Å². The maximum absolute atomic E-state index is 13.6. The lowest BCUT2D eigenvalue weighted by molar-refractivity contribution is -0.167. The van der Waals surface area contributed by atoms with Crippen LogP contribution in [0.25, 0.3) is 0 Å². The molecule has 1 aromatic carbocycles. The first-order chi connectivity index (χ1) is 14.2. The summed E-state index contributed by atoms with van der Waals surface area (Å²) in [5, 5.41) is 3.22. The Labute approximate surface area is 176 Å². The van der Waals surface area contributed by atoms with Crippen molar-refractivity contribution in [3.63, 3.8) is 0 Å². The summed E-state index contributed by atoms with van der Waals surface area (Å²) in [7, 11) is 2.01. The zero-order chi connectivity index (χ0) is 20.1. The first kappa shape index (κ1) is 20.9. The molecule has 4 fully saturated rings. The summed E-state index contributed by atoms with van der Waals surface area (Å²) in [5.74, 6) is 0.631. The molecule has 4 aliphatic rings. The molecular formula is C25H38N2O2.